The first kappa shape index (κ1) is 20.8. The van der Waals surface area contributed by atoms with Crippen molar-refractivity contribution >= 4 is 13.5 Å². The summed E-state index contributed by atoms with van der Waals surface area (Å²) >= 11 is 0. The molecule has 1 amide bonds. The van der Waals surface area contributed by atoms with Crippen LogP contribution >= 0.6 is 7.60 Å². The molecule has 0 unspecified atom stereocenters. The average Bonchev–Trinajstić information content (AvgIpc) is 3.14. The van der Waals surface area contributed by atoms with Gasteiger partial charge in [-0.15, -0.1) is 5.10 Å². The fourth-order valence-corrected chi connectivity index (χ4v) is 4.12. The molecule has 148 valence electrons. The van der Waals surface area contributed by atoms with Crippen LogP contribution in [0.2, 0.25) is 0 Å². The maximum absolute atomic E-state index is 14.5. The molecule has 13 heteroatoms. The largest absolute Gasteiger partial charge is 0.399 e. The molecule has 3 atom stereocenters. The number of nitrogens with two attached hydrogens (primary N) is 1. The smallest absolute Gasteiger partial charge is 0.388 e. The van der Waals surface area contributed by atoms with Gasteiger partial charge in [-0.2, -0.15) is 8.78 Å². The quantitative estimate of drug-likeness (QED) is 0.593. The molecule has 0 aromatic carbocycles. The van der Waals surface area contributed by atoms with Crippen LogP contribution < -0.4 is 5.73 Å². The van der Waals surface area contributed by atoms with Crippen molar-refractivity contribution in [2.75, 3.05) is 13.2 Å². The van der Waals surface area contributed by atoms with Crippen molar-refractivity contribution in [2.24, 2.45) is 5.73 Å². The summed E-state index contributed by atoms with van der Waals surface area (Å²) in [7, 11) is -4.69. The summed E-state index contributed by atoms with van der Waals surface area (Å²) in [6.07, 6.45) is -3.49. The van der Waals surface area contributed by atoms with Crippen LogP contribution in [0.3, 0.4) is 0 Å². The molecular weight excluding hydrogens is 377 g/mol. The van der Waals surface area contributed by atoms with Gasteiger partial charge in [0.2, 0.25) is 5.82 Å². The van der Waals surface area contributed by atoms with E-state index in [1.54, 1.807) is 0 Å². The number of aliphatic hydroxyl groups is 1. The number of halogens is 2. The standard InChI is InChI=1S/C13H21F2N4O6P/c1-3-23-26(22,24-4-2)13(14,15)6-8-5-9(20)12(25-8)19-7-17-11(18-19)10(16)21/h7-9,12,20H,3-6H2,1-2H3,(H2,16,21)/t8-,9+,12+/m0/s1. The lowest BCUT2D eigenvalue weighted by Gasteiger charge is -2.27. The number of carbonyl (C=O) groups excluding carboxylic acids is 1. The second-order valence-electron chi connectivity index (χ2n) is 5.57. The van der Waals surface area contributed by atoms with Gasteiger partial charge < -0.3 is 24.6 Å². The second kappa shape index (κ2) is 8.05. The molecule has 0 saturated carbocycles. The Kier molecular flexibility index (Phi) is 6.46. The highest BCUT2D eigenvalue weighted by molar-refractivity contribution is 7.55. The number of ether oxygens (including phenoxy) is 1. The molecule has 0 radical (unpaired) electrons. The molecule has 3 N–H and O–H groups in total. The lowest BCUT2D eigenvalue weighted by atomic mass is 10.1. The summed E-state index contributed by atoms with van der Waals surface area (Å²) in [4.78, 5) is 14.7. The monoisotopic (exact) mass is 398 g/mol. The van der Waals surface area contributed by atoms with Gasteiger partial charge in [0.1, 0.15) is 12.4 Å². The summed E-state index contributed by atoms with van der Waals surface area (Å²) in [6, 6.07) is 0. The molecule has 2 heterocycles. The highest BCUT2D eigenvalue weighted by Gasteiger charge is 2.56. The first-order valence-corrected chi connectivity index (χ1v) is 9.49. The third-order valence-corrected chi connectivity index (χ3v) is 5.81. The molecule has 0 spiro atoms. The van der Waals surface area contributed by atoms with Crippen LogP contribution in [-0.2, 0) is 18.3 Å². The maximum atomic E-state index is 14.5. The lowest BCUT2D eigenvalue weighted by molar-refractivity contribution is -0.0715. The van der Waals surface area contributed by atoms with Gasteiger partial charge >= 0.3 is 13.3 Å². The Bertz CT molecular complexity index is 677. The summed E-state index contributed by atoms with van der Waals surface area (Å²) in [5, 5.41) is 13.8. The van der Waals surface area contributed by atoms with Gasteiger partial charge in [0, 0.05) is 6.42 Å². The van der Waals surface area contributed by atoms with Gasteiger partial charge in [-0.1, -0.05) is 0 Å². The summed E-state index contributed by atoms with van der Waals surface area (Å²) in [6.45, 7) is 2.43. The van der Waals surface area contributed by atoms with Crippen molar-refractivity contribution in [2.45, 2.75) is 50.8 Å². The van der Waals surface area contributed by atoms with E-state index in [0.29, 0.717) is 0 Å². The van der Waals surface area contributed by atoms with Crippen molar-refractivity contribution in [1.29, 1.82) is 0 Å². The number of hydrogen-bond acceptors (Lipinski definition) is 8. The predicted molar refractivity (Wildman–Crippen MR) is 83.5 cm³/mol. The van der Waals surface area contributed by atoms with Crippen molar-refractivity contribution in [3.63, 3.8) is 0 Å². The van der Waals surface area contributed by atoms with E-state index in [1.165, 1.54) is 13.8 Å². The third-order valence-electron chi connectivity index (χ3n) is 3.63. The number of amides is 1. The minimum absolute atomic E-state index is 0.162. The van der Waals surface area contributed by atoms with Crippen LogP contribution in [0, 0.1) is 0 Å². The predicted octanol–water partition coefficient (Wildman–Crippen LogP) is 1.27. The van der Waals surface area contributed by atoms with Crippen LogP contribution in [0.15, 0.2) is 6.33 Å². The zero-order chi connectivity index (χ0) is 19.5. The fraction of sp³-hybridized carbons (Fsp3) is 0.769. The molecule has 1 aliphatic heterocycles. The van der Waals surface area contributed by atoms with Crippen LogP contribution in [0.5, 0.6) is 0 Å². The molecule has 0 aliphatic carbocycles. The number of alkyl halides is 2. The van der Waals surface area contributed by atoms with E-state index in [1.807, 2.05) is 0 Å². The Morgan fingerprint density at radius 1 is 1.50 bits per heavy atom. The number of hydrogen-bond donors (Lipinski definition) is 2. The molecule has 2 rings (SSSR count). The maximum Gasteiger partial charge on any atom is 0.399 e. The number of carbonyl (C=O) groups is 1. The number of nitrogens with zero attached hydrogens (tertiary/aromatic N) is 3. The minimum Gasteiger partial charge on any atom is -0.388 e. The van der Waals surface area contributed by atoms with Crippen LogP contribution in [0.1, 0.15) is 43.5 Å². The van der Waals surface area contributed by atoms with Gasteiger partial charge in [0.15, 0.2) is 6.23 Å². The van der Waals surface area contributed by atoms with Crippen LogP contribution in [0.25, 0.3) is 0 Å². The molecular formula is C13H21F2N4O6P. The number of rotatable bonds is 9. The Hall–Kier alpha value is -1.46. The van der Waals surface area contributed by atoms with Gasteiger partial charge in [-0.05, 0) is 13.8 Å². The Balaban J connectivity index is 2.10. The van der Waals surface area contributed by atoms with E-state index >= 15 is 0 Å². The van der Waals surface area contributed by atoms with Gasteiger partial charge in [0.05, 0.1) is 25.7 Å². The van der Waals surface area contributed by atoms with E-state index in [2.05, 4.69) is 10.1 Å². The van der Waals surface area contributed by atoms with Gasteiger partial charge in [-0.3, -0.25) is 9.36 Å². The Morgan fingerprint density at radius 3 is 2.62 bits per heavy atom. The minimum atomic E-state index is -4.69. The second-order valence-corrected chi connectivity index (χ2v) is 7.73. The van der Waals surface area contributed by atoms with Crippen molar-refractivity contribution in [3.8, 4) is 0 Å². The summed E-state index contributed by atoms with van der Waals surface area (Å²) in [5.41, 5.74) is 1.23. The topological polar surface area (TPSA) is 139 Å². The SMILES string of the molecule is CCOP(=O)(OCC)C(F)(F)C[C@@H]1C[C@@H](O)[C@H](n2cnc(C(N)=O)n2)O1. The normalized spacial score (nSPS) is 24.1. The average molecular weight is 398 g/mol. The Morgan fingerprint density at radius 2 is 2.12 bits per heavy atom. The lowest BCUT2D eigenvalue weighted by Crippen LogP contribution is -2.27. The Labute approximate surface area is 148 Å². The van der Waals surface area contributed by atoms with Gasteiger partial charge in [-0.25, -0.2) is 9.67 Å². The van der Waals surface area contributed by atoms with Gasteiger partial charge in [0.25, 0.3) is 5.91 Å². The molecule has 1 aromatic rings. The van der Waals surface area contributed by atoms with E-state index in [9.17, 15) is 23.2 Å². The van der Waals surface area contributed by atoms with Crippen molar-refractivity contribution in [1.82, 2.24) is 14.8 Å². The third kappa shape index (κ3) is 4.26. The van der Waals surface area contributed by atoms with E-state index in [0.717, 1.165) is 11.0 Å². The fourth-order valence-electron chi connectivity index (χ4n) is 2.56. The van der Waals surface area contributed by atoms with Crippen molar-refractivity contribution in [3.05, 3.63) is 12.2 Å². The molecule has 0 bridgehead atoms. The first-order valence-electron chi connectivity index (χ1n) is 7.95. The zero-order valence-corrected chi connectivity index (χ0v) is 15.1. The number of aliphatic hydroxyl groups excluding tert-OH is 1. The molecule has 1 fully saturated rings. The molecule has 1 saturated heterocycles. The van der Waals surface area contributed by atoms with Crippen LogP contribution in [-0.4, -0.2) is 56.9 Å². The molecule has 1 aromatic heterocycles. The van der Waals surface area contributed by atoms with E-state index in [-0.39, 0.29) is 25.5 Å². The number of primary amides is 1. The van der Waals surface area contributed by atoms with Crippen LogP contribution in [0.4, 0.5) is 8.78 Å². The van der Waals surface area contributed by atoms with E-state index in [4.69, 9.17) is 19.5 Å². The molecule has 26 heavy (non-hydrogen) atoms. The summed E-state index contributed by atoms with van der Waals surface area (Å²) in [5.74, 6) is -1.18. The molecule has 1 aliphatic rings. The highest BCUT2D eigenvalue weighted by atomic mass is 31.2. The highest BCUT2D eigenvalue weighted by Crippen LogP contribution is 2.64. The first-order chi connectivity index (χ1) is 12.1. The summed E-state index contributed by atoms with van der Waals surface area (Å²) < 4.78 is 57.1. The van der Waals surface area contributed by atoms with E-state index < -0.39 is 44.0 Å². The molecule has 10 nitrogen and oxygen atoms in total. The zero-order valence-electron chi connectivity index (χ0n) is 14.2. The number of aromatic nitrogens is 3. The van der Waals surface area contributed by atoms with Crippen molar-refractivity contribution < 1.29 is 37.0 Å².